The Morgan fingerprint density at radius 2 is 1.93 bits per heavy atom. The predicted octanol–water partition coefficient (Wildman–Crippen LogP) is 4.61. The van der Waals surface area contributed by atoms with Crippen LogP contribution < -0.4 is 11.1 Å². The molecule has 0 fully saturated rings. The van der Waals surface area contributed by atoms with Crippen LogP contribution in [0.4, 0.5) is 11.4 Å². The zero-order valence-electron chi connectivity index (χ0n) is 17.6. The van der Waals surface area contributed by atoms with Crippen molar-refractivity contribution >= 4 is 22.8 Å². The number of nitrogens with one attached hydrogen (secondary N) is 2. The van der Waals surface area contributed by atoms with Crippen LogP contribution in [0.25, 0.3) is 0 Å². The Kier molecular flexibility index (Phi) is 9.44. The molecule has 6 heteroatoms. The summed E-state index contributed by atoms with van der Waals surface area (Å²) in [6, 6.07) is 6.09. The lowest BCUT2D eigenvalue weighted by molar-refractivity contribution is 0.226. The third-order valence-electron chi connectivity index (χ3n) is 4.74. The maximum atomic E-state index is 8.81. The second kappa shape index (κ2) is 12.1. The molecule has 1 aromatic carbocycles. The minimum Gasteiger partial charge on any atom is -0.491 e. The molecule has 0 spiro atoms. The highest BCUT2D eigenvalue weighted by atomic mass is 16.5. The standard InChI is InChI=1S/C23H34N4O2/c1-3-4-13-29-23-16-22(19(24)15-20(23)25)27-21-10-9-18(14-17(21)2)26-11-7-5-6-8-12-28/h9-10,14-16,25-26,28H,3-8,11-13,24H2,1-2H3/b25-20?,27-22-. The minimum absolute atomic E-state index is 0.277. The Balaban J connectivity index is 2.02. The third kappa shape index (κ3) is 7.38. The maximum absolute atomic E-state index is 8.81. The largest absolute Gasteiger partial charge is 0.491 e. The zero-order chi connectivity index (χ0) is 21.1. The summed E-state index contributed by atoms with van der Waals surface area (Å²) in [5.41, 5.74) is 10.5. The number of nitrogens with two attached hydrogens (primary N) is 1. The van der Waals surface area contributed by atoms with Crippen molar-refractivity contribution in [1.29, 1.82) is 5.41 Å². The number of anilines is 1. The summed E-state index contributed by atoms with van der Waals surface area (Å²) in [7, 11) is 0. The van der Waals surface area contributed by atoms with E-state index in [9.17, 15) is 0 Å². The van der Waals surface area contributed by atoms with Gasteiger partial charge in [-0.15, -0.1) is 0 Å². The van der Waals surface area contributed by atoms with Crippen LogP contribution in [0.2, 0.25) is 0 Å². The summed E-state index contributed by atoms with van der Waals surface area (Å²) >= 11 is 0. The number of benzene rings is 1. The van der Waals surface area contributed by atoms with Gasteiger partial charge in [0.2, 0.25) is 0 Å². The average molecular weight is 399 g/mol. The number of nitrogens with zero attached hydrogens (tertiary/aromatic N) is 1. The van der Waals surface area contributed by atoms with E-state index in [2.05, 4.69) is 18.3 Å². The van der Waals surface area contributed by atoms with E-state index in [-0.39, 0.29) is 12.3 Å². The predicted molar refractivity (Wildman–Crippen MR) is 121 cm³/mol. The summed E-state index contributed by atoms with van der Waals surface area (Å²) < 4.78 is 5.71. The monoisotopic (exact) mass is 398 g/mol. The summed E-state index contributed by atoms with van der Waals surface area (Å²) in [6.07, 6.45) is 9.50. The van der Waals surface area contributed by atoms with E-state index in [1.54, 1.807) is 12.2 Å². The number of allylic oxidation sites excluding steroid dienone is 2. The minimum atomic E-state index is 0.277. The van der Waals surface area contributed by atoms with Gasteiger partial charge >= 0.3 is 0 Å². The highest BCUT2D eigenvalue weighted by Gasteiger charge is 2.16. The Hall–Kier alpha value is -2.60. The molecule has 0 bridgehead atoms. The highest BCUT2D eigenvalue weighted by molar-refractivity contribution is 6.22. The molecular formula is C23H34N4O2. The fourth-order valence-electron chi connectivity index (χ4n) is 2.97. The molecule has 0 saturated heterocycles. The van der Waals surface area contributed by atoms with Gasteiger partial charge < -0.3 is 20.9 Å². The molecule has 0 aromatic heterocycles. The van der Waals surface area contributed by atoms with Gasteiger partial charge in [-0.05, 0) is 56.0 Å². The van der Waals surface area contributed by atoms with E-state index in [1.807, 2.05) is 19.1 Å². The van der Waals surface area contributed by atoms with E-state index in [1.165, 1.54) is 0 Å². The summed E-state index contributed by atoms with van der Waals surface area (Å²) in [5, 5.41) is 20.3. The molecule has 1 aromatic rings. The molecule has 158 valence electrons. The molecule has 0 saturated carbocycles. The molecule has 1 aliphatic carbocycles. The van der Waals surface area contributed by atoms with Gasteiger partial charge in [0.05, 0.1) is 29.4 Å². The second-order valence-corrected chi connectivity index (χ2v) is 7.29. The van der Waals surface area contributed by atoms with Crippen LogP contribution in [0.5, 0.6) is 0 Å². The van der Waals surface area contributed by atoms with Crippen molar-refractivity contribution in [2.75, 3.05) is 25.1 Å². The van der Waals surface area contributed by atoms with E-state index in [0.29, 0.717) is 23.8 Å². The molecule has 0 aliphatic heterocycles. The Bertz CT molecular complexity index is 781. The molecule has 5 N–H and O–H groups in total. The van der Waals surface area contributed by atoms with Crippen molar-refractivity contribution in [3.8, 4) is 0 Å². The van der Waals surface area contributed by atoms with Gasteiger partial charge in [0.1, 0.15) is 5.76 Å². The SMILES string of the molecule is CCCCOC1=C/C(=N/c2ccc(NCCCCCCO)cc2C)C(N)=CC1=N. The summed E-state index contributed by atoms with van der Waals surface area (Å²) in [4.78, 5) is 4.70. The van der Waals surface area contributed by atoms with Crippen LogP contribution in [0.15, 0.2) is 46.8 Å². The third-order valence-corrected chi connectivity index (χ3v) is 4.74. The highest BCUT2D eigenvalue weighted by Crippen LogP contribution is 2.24. The van der Waals surface area contributed by atoms with Crippen LogP contribution >= 0.6 is 0 Å². The average Bonchev–Trinajstić information content (AvgIpc) is 2.69. The van der Waals surface area contributed by atoms with E-state index in [0.717, 1.165) is 62.0 Å². The van der Waals surface area contributed by atoms with Crippen molar-refractivity contribution in [1.82, 2.24) is 0 Å². The van der Waals surface area contributed by atoms with Crippen molar-refractivity contribution < 1.29 is 9.84 Å². The molecule has 0 heterocycles. The molecule has 0 unspecified atom stereocenters. The van der Waals surface area contributed by atoms with Crippen LogP contribution in [-0.4, -0.2) is 36.3 Å². The van der Waals surface area contributed by atoms with Crippen LogP contribution in [-0.2, 0) is 4.74 Å². The second-order valence-electron chi connectivity index (χ2n) is 7.29. The van der Waals surface area contributed by atoms with Crippen molar-refractivity contribution in [3.63, 3.8) is 0 Å². The molecule has 2 rings (SSSR count). The summed E-state index contributed by atoms with van der Waals surface area (Å²) in [6.45, 7) is 5.91. The zero-order valence-corrected chi connectivity index (χ0v) is 17.6. The number of aliphatic hydroxyl groups is 1. The number of aliphatic imine (C=N–C) groups is 1. The Labute approximate surface area is 174 Å². The summed E-state index contributed by atoms with van der Waals surface area (Å²) in [5.74, 6) is 0.517. The number of aryl methyl sites for hydroxylation is 1. The number of ether oxygens (including phenoxy) is 1. The first-order chi connectivity index (χ1) is 14.0. The van der Waals surface area contributed by atoms with Gasteiger partial charge in [0, 0.05) is 24.9 Å². The van der Waals surface area contributed by atoms with Gasteiger partial charge in [0.25, 0.3) is 0 Å². The number of hydrogen-bond donors (Lipinski definition) is 4. The lowest BCUT2D eigenvalue weighted by Gasteiger charge is -2.16. The lowest BCUT2D eigenvalue weighted by atomic mass is 10.1. The Morgan fingerprint density at radius 1 is 1.14 bits per heavy atom. The Morgan fingerprint density at radius 3 is 2.66 bits per heavy atom. The smallest absolute Gasteiger partial charge is 0.146 e. The molecule has 6 nitrogen and oxygen atoms in total. The van der Waals surface area contributed by atoms with Gasteiger partial charge in [-0.1, -0.05) is 26.2 Å². The molecule has 0 amide bonds. The van der Waals surface area contributed by atoms with Gasteiger partial charge in [-0.2, -0.15) is 0 Å². The van der Waals surface area contributed by atoms with Crippen LogP contribution in [0.1, 0.15) is 51.0 Å². The van der Waals surface area contributed by atoms with Gasteiger partial charge in [-0.3, -0.25) is 5.41 Å². The molecule has 1 aliphatic rings. The van der Waals surface area contributed by atoms with Gasteiger partial charge in [-0.25, -0.2) is 4.99 Å². The maximum Gasteiger partial charge on any atom is 0.146 e. The van der Waals surface area contributed by atoms with E-state index >= 15 is 0 Å². The number of hydrogen-bond acceptors (Lipinski definition) is 6. The van der Waals surface area contributed by atoms with E-state index in [4.69, 9.17) is 26.0 Å². The lowest BCUT2D eigenvalue weighted by Crippen LogP contribution is -2.20. The van der Waals surface area contributed by atoms with Gasteiger partial charge in [0.15, 0.2) is 0 Å². The molecule has 0 radical (unpaired) electrons. The number of rotatable bonds is 12. The molecular weight excluding hydrogens is 364 g/mol. The van der Waals surface area contributed by atoms with Crippen molar-refractivity contribution in [2.45, 2.75) is 52.4 Å². The molecule has 29 heavy (non-hydrogen) atoms. The van der Waals surface area contributed by atoms with Crippen molar-refractivity contribution in [2.24, 2.45) is 10.7 Å². The quantitative estimate of drug-likeness (QED) is 0.305. The number of unbranched alkanes of at least 4 members (excludes halogenated alkanes) is 4. The normalized spacial score (nSPS) is 15.3. The fraction of sp³-hybridized carbons (Fsp3) is 0.478. The first kappa shape index (κ1) is 22.7. The van der Waals surface area contributed by atoms with E-state index < -0.39 is 0 Å². The topological polar surface area (TPSA) is 104 Å². The molecule has 0 atom stereocenters. The first-order valence-electron chi connectivity index (χ1n) is 10.5. The first-order valence-corrected chi connectivity index (χ1v) is 10.5. The number of aliphatic hydroxyl groups excluding tert-OH is 1. The van der Waals surface area contributed by atoms with Crippen LogP contribution in [0, 0.1) is 12.3 Å². The van der Waals surface area contributed by atoms with Crippen molar-refractivity contribution in [3.05, 3.63) is 47.4 Å². The van der Waals surface area contributed by atoms with Crippen LogP contribution in [0.3, 0.4) is 0 Å². The fourth-order valence-corrected chi connectivity index (χ4v) is 2.97.